The Labute approximate surface area is 233 Å². The van der Waals surface area contributed by atoms with E-state index in [1.54, 1.807) is 0 Å². The fourth-order valence-electron chi connectivity index (χ4n) is 4.86. The van der Waals surface area contributed by atoms with Crippen LogP contribution in [0.15, 0.2) is 24.3 Å². The summed E-state index contributed by atoms with van der Waals surface area (Å²) in [4.78, 5) is 37.3. The summed E-state index contributed by atoms with van der Waals surface area (Å²) in [5, 5.41) is 29.5. The maximum absolute atomic E-state index is 12.6. The summed E-state index contributed by atoms with van der Waals surface area (Å²) in [6, 6.07) is 8.09. The van der Waals surface area contributed by atoms with Crippen LogP contribution >= 0.6 is 26.8 Å². The molecule has 5 N–H and O–H groups in total. The van der Waals surface area contributed by atoms with Crippen molar-refractivity contribution in [3.8, 4) is 0 Å². The molecule has 2 aliphatic rings. The maximum atomic E-state index is 12.6. The van der Waals surface area contributed by atoms with Crippen molar-refractivity contribution in [3.05, 3.63) is 40.7 Å². The van der Waals surface area contributed by atoms with Crippen molar-refractivity contribution in [2.75, 3.05) is 18.6 Å². The van der Waals surface area contributed by atoms with Crippen molar-refractivity contribution in [3.63, 3.8) is 0 Å². The monoisotopic (exact) mass is 618 g/mol. The van der Waals surface area contributed by atoms with Crippen LogP contribution in [-0.2, 0) is 24.8 Å². The molecule has 3 aromatic rings. The third kappa shape index (κ3) is 4.88. The second-order valence-corrected chi connectivity index (χ2v) is 15.6. The Hall–Kier alpha value is -2.03. The number of aliphatic hydroxyl groups is 2. The smallest absolute Gasteiger partial charge is 0.345 e. The lowest BCUT2D eigenvalue weighted by atomic mass is 10.1. The van der Waals surface area contributed by atoms with Gasteiger partial charge in [0.1, 0.15) is 18.3 Å². The molecule has 218 valence electrons. The third-order valence-electron chi connectivity index (χ3n) is 7.58. The molecular weight excluding hydrogens is 590 g/mol. The van der Waals surface area contributed by atoms with Gasteiger partial charge in [0, 0.05) is 7.05 Å². The Morgan fingerprint density at radius 2 is 1.88 bits per heavy atom. The molecule has 40 heavy (non-hydrogen) atoms. The number of halogens is 1. The van der Waals surface area contributed by atoms with E-state index in [1.165, 1.54) is 5.56 Å². The molecule has 0 spiro atoms. The quantitative estimate of drug-likeness (QED) is 0.180. The van der Waals surface area contributed by atoms with Crippen LogP contribution in [0.5, 0.6) is 0 Å². The first-order valence-corrected chi connectivity index (χ1v) is 15.8. The number of aromatic nitrogens is 5. The molecule has 2 aromatic heterocycles. The number of fused-ring (bicyclic) bond motifs is 2. The molecule has 1 aromatic carbocycles. The molecule has 0 radical (unpaired) electrons. The van der Waals surface area contributed by atoms with Gasteiger partial charge in [0.15, 0.2) is 28.1 Å². The van der Waals surface area contributed by atoms with Gasteiger partial charge in [-0.05, 0) is 49.4 Å². The number of aliphatic hydroxyl groups excluding tert-OH is 2. The van der Waals surface area contributed by atoms with Gasteiger partial charge < -0.3 is 39.1 Å². The Balaban J connectivity index is 1.40. The molecule has 1 unspecified atom stereocenters. The van der Waals surface area contributed by atoms with Crippen molar-refractivity contribution in [1.29, 1.82) is 0 Å². The fraction of sp³-hybridized carbons (Fsp3) is 0.545. The van der Waals surface area contributed by atoms with Crippen molar-refractivity contribution >= 4 is 43.8 Å². The second kappa shape index (κ2) is 10.4. The molecule has 15 nitrogen and oxygen atoms in total. The molecule has 0 amide bonds. The largest absolute Gasteiger partial charge is 0.387 e. The summed E-state index contributed by atoms with van der Waals surface area (Å²) in [6.45, 7) is 1.02. The van der Waals surface area contributed by atoms with Gasteiger partial charge in [-0.1, -0.05) is 29.5 Å². The number of aryl methyl sites for hydroxylation is 1. The molecule has 1 fully saturated rings. The predicted octanol–water partition coefficient (Wildman–Crippen LogP) is 1.73. The number of hydrogen-bond donors (Lipinski definition) is 5. The van der Waals surface area contributed by atoms with E-state index < -0.39 is 51.2 Å². The van der Waals surface area contributed by atoms with Crippen molar-refractivity contribution < 1.29 is 43.3 Å². The zero-order valence-electron chi connectivity index (χ0n) is 21.6. The van der Waals surface area contributed by atoms with Crippen molar-refractivity contribution in [2.24, 2.45) is 0 Å². The van der Waals surface area contributed by atoms with E-state index in [4.69, 9.17) is 20.9 Å². The molecule has 6 atom stereocenters. The van der Waals surface area contributed by atoms with Crippen LogP contribution in [0, 0.1) is 0 Å². The molecule has 0 saturated carbocycles. The molecular formula is C22H29ClN6O9P2. The standard InChI is InChI=1S/C22H29ClN6O9P2/c1-22(2,39(32,33)34)40(35,36)37-10-14-16(30)17(31)20(38-14)29-19-15(26-27-29)18(24-21(23)25-19)28(3)13-9-8-11-6-4-5-7-12(11)13/h4-7,13-14,16-17,20,30-31H,8-10H2,1-3H3,(H,35,36)(H2,32,33,34)/t13-,14+,16+,17+,20+/m0/s1. The number of rotatable bonds is 8. The van der Waals surface area contributed by atoms with Crippen molar-refractivity contribution in [2.45, 2.75) is 62.2 Å². The summed E-state index contributed by atoms with van der Waals surface area (Å²) < 4.78 is 36.1. The van der Waals surface area contributed by atoms with Crippen LogP contribution in [0.1, 0.15) is 43.7 Å². The fourth-order valence-corrected chi connectivity index (χ4v) is 7.17. The predicted molar refractivity (Wildman–Crippen MR) is 142 cm³/mol. The van der Waals surface area contributed by atoms with Gasteiger partial charge in [0.05, 0.1) is 12.6 Å². The first kappa shape index (κ1) is 29.5. The van der Waals surface area contributed by atoms with Crippen LogP contribution in [0.3, 0.4) is 0 Å². The second-order valence-electron chi connectivity index (χ2n) is 10.3. The lowest BCUT2D eigenvalue weighted by Crippen LogP contribution is -2.34. The normalized spacial score (nSPS) is 26.7. The van der Waals surface area contributed by atoms with E-state index in [-0.39, 0.29) is 22.5 Å². The number of benzene rings is 1. The minimum atomic E-state index is -5.05. The van der Waals surface area contributed by atoms with Crippen LogP contribution < -0.4 is 4.90 Å². The molecule has 1 aliphatic carbocycles. The molecule has 1 saturated heterocycles. The highest BCUT2D eigenvalue weighted by molar-refractivity contribution is 7.72. The highest BCUT2D eigenvalue weighted by Gasteiger charge is 2.55. The molecule has 3 heterocycles. The Bertz CT molecular complexity index is 1530. The van der Waals surface area contributed by atoms with Gasteiger partial charge >= 0.3 is 15.2 Å². The lowest BCUT2D eigenvalue weighted by molar-refractivity contribution is -0.0553. The average Bonchev–Trinajstić information content (AvgIpc) is 3.57. The minimum Gasteiger partial charge on any atom is -0.387 e. The maximum Gasteiger partial charge on any atom is 0.345 e. The van der Waals surface area contributed by atoms with Gasteiger partial charge in [0.2, 0.25) is 5.28 Å². The molecule has 5 rings (SSSR count). The Morgan fingerprint density at radius 1 is 1.18 bits per heavy atom. The van der Waals surface area contributed by atoms with Gasteiger partial charge in [-0.25, -0.2) is 0 Å². The summed E-state index contributed by atoms with van der Waals surface area (Å²) in [7, 11) is -8.10. The number of nitrogens with zero attached hydrogens (tertiary/aromatic N) is 6. The zero-order valence-corrected chi connectivity index (χ0v) is 24.2. The van der Waals surface area contributed by atoms with Gasteiger partial charge in [0.25, 0.3) is 0 Å². The Morgan fingerprint density at radius 3 is 2.58 bits per heavy atom. The minimum absolute atomic E-state index is 0.00115. The summed E-state index contributed by atoms with van der Waals surface area (Å²) in [5.74, 6) is 0.400. The highest BCUT2D eigenvalue weighted by Crippen LogP contribution is 2.71. The van der Waals surface area contributed by atoms with E-state index in [0.29, 0.717) is 5.82 Å². The van der Waals surface area contributed by atoms with Crippen molar-refractivity contribution in [1.82, 2.24) is 25.0 Å². The highest BCUT2D eigenvalue weighted by atomic mass is 35.5. The summed E-state index contributed by atoms with van der Waals surface area (Å²) in [6.07, 6.45) is -4.17. The number of ether oxygens (including phenoxy) is 1. The van der Waals surface area contributed by atoms with Gasteiger partial charge in [-0.2, -0.15) is 14.6 Å². The van der Waals surface area contributed by atoms with E-state index in [0.717, 1.165) is 36.9 Å². The molecule has 18 heteroatoms. The van der Waals surface area contributed by atoms with E-state index in [1.807, 2.05) is 24.1 Å². The number of anilines is 1. The van der Waals surface area contributed by atoms with E-state index in [9.17, 15) is 34.0 Å². The summed E-state index contributed by atoms with van der Waals surface area (Å²) >= 11 is 6.27. The van der Waals surface area contributed by atoms with Crippen LogP contribution in [0.25, 0.3) is 11.2 Å². The topological polar surface area (TPSA) is 213 Å². The van der Waals surface area contributed by atoms with Gasteiger partial charge in [-0.3, -0.25) is 9.13 Å². The van der Waals surface area contributed by atoms with E-state index in [2.05, 4.69) is 32.4 Å². The SMILES string of the molecule is CN(c1nc(Cl)nc2c1nnn2[C@@H]1O[C@H](COP(=O)(O)C(C)(C)P(=O)(O)O)[C@@H](O)[C@H]1O)[C@H]1CCc2ccccc21. The average molecular weight is 619 g/mol. The Kier molecular flexibility index (Phi) is 7.63. The lowest BCUT2D eigenvalue weighted by Gasteiger charge is -2.30. The molecule has 0 bridgehead atoms. The van der Waals surface area contributed by atoms with E-state index >= 15 is 0 Å². The van der Waals surface area contributed by atoms with Crippen LogP contribution in [0.2, 0.25) is 5.28 Å². The van der Waals surface area contributed by atoms with Gasteiger partial charge in [-0.15, -0.1) is 5.10 Å². The summed E-state index contributed by atoms with van der Waals surface area (Å²) in [5.41, 5.74) is 2.77. The van der Waals surface area contributed by atoms with Crippen LogP contribution in [-0.4, -0.2) is 86.7 Å². The first-order valence-electron chi connectivity index (χ1n) is 12.3. The third-order valence-corrected chi connectivity index (χ3v) is 12.6. The number of hydrogen-bond acceptors (Lipinski definition) is 11. The van der Waals surface area contributed by atoms with Crippen LogP contribution in [0.4, 0.5) is 5.82 Å². The zero-order chi connectivity index (χ0) is 29.2. The molecule has 1 aliphatic heterocycles. The first-order chi connectivity index (χ1) is 18.6.